The van der Waals surface area contributed by atoms with Crippen LogP contribution in [0.5, 0.6) is 0 Å². The standard InChI is InChI=1S/C7H10N2O2S/c1-4-6(3-12-5(2)10)9-7(11)8-4/h3H2,1-2H3,(H2,8,9,11). The second kappa shape index (κ2) is 3.62. The van der Waals surface area contributed by atoms with Crippen LogP contribution in [0, 0.1) is 6.92 Å². The van der Waals surface area contributed by atoms with Gasteiger partial charge in [-0.2, -0.15) is 0 Å². The Bertz CT molecular complexity index is 339. The second-order valence-electron chi connectivity index (χ2n) is 2.46. The first-order valence-corrected chi connectivity index (χ1v) is 4.49. The zero-order chi connectivity index (χ0) is 9.14. The first-order valence-electron chi connectivity index (χ1n) is 3.50. The summed E-state index contributed by atoms with van der Waals surface area (Å²) in [5.74, 6) is 0.528. The normalized spacial score (nSPS) is 10.2. The molecule has 0 unspecified atom stereocenters. The number of hydrogen-bond donors (Lipinski definition) is 2. The number of H-pyrrole nitrogens is 2. The topological polar surface area (TPSA) is 65.7 Å². The number of thioether (sulfide) groups is 1. The van der Waals surface area contributed by atoms with Gasteiger partial charge in [0.05, 0.1) is 0 Å². The second-order valence-corrected chi connectivity index (χ2v) is 3.62. The maximum Gasteiger partial charge on any atom is 0.323 e. The summed E-state index contributed by atoms with van der Waals surface area (Å²) in [4.78, 5) is 26.6. The monoisotopic (exact) mass is 186 g/mol. The summed E-state index contributed by atoms with van der Waals surface area (Å²) in [6.07, 6.45) is 0. The van der Waals surface area contributed by atoms with Crippen molar-refractivity contribution in [3.05, 3.63) is 21.9 Å². The van der Waals surface area contributed by atoms with Gasteiger partial charge < -0.3 is 9.97 Å². The van der Waals surface area contributed by atoms with Gasteiger partial charge in [-0.05, 0) is 6.92 Å². The molecule has 1 aromatic rings. The van der Waals surface area contributed by atoms with Crippen LogP contribution in [0.1, 0.15) is 18.3 Å². The summed E-state index contributed by atoms with van der Waals surface area (Å²) in [5.41, 5.74) is 1.38. The van der Waals surface area contributed by atoms with Crippen LogP contribution in [0.4, 0.5) is 0 Å². The molecule has 1 aromatic heterocycles. The molecule has 0 saturated carbocycles. The third-order valence-corrected chi connectivity index (χ3v) is 2.28. The summed E-state index contributed by atoms with van der Waals surface area (Å²) in [7, 11) is 0. The van der Waals surface area contributed by atoms with E-state index in [-0.39, 0.29) is 10.8 Å². The molecule has 0 aliphatic carbocycles. The maximum atomic E-state index is 10.8. The van der Waals surface area contributed by atoms with Crippen LogP contribution < -0.4 is 5.69 Å². The summed E-state index contributed by atoms with van der Waals surface area (Å²) < 4.78 is 0. The summed E-state index contributed by atoms with van der Waals surface area (Å²) in [5, 5.41) is 0.0523. The Kier molecular flexibility index (Phi) is 2.75. The largest absolute Gasteiger partial charge is 0.323 e. The van der Waals surface area contributed by atoms with Gasteiger partial charge in [-0.1, -0.05) is 11.8 Å². The fraction of sp³-hybridized carbons (Fsp3) is 0.429. The van der Waals surface area contributed by atoms with Crippen molar-refractivity contribution in [2.24, 2.45) is 0 Å². The van der Waals surface area contributed by atoms with E-state index >= 15 is 0 Å². The van der Waals surface area contributed by atoms with Gasteiger partial charge in [0, 0.05) is 24.1 Å². The Morgan fingerprint density at radius 3 is 2.58 bits per heavy atom. The average Bonchev–Trinajstić information content (AvgIpc) is 2.26. The SMILES string of the molecule is CC(=O)SCc1[nH]c(=O)[nH]c1C. The number of rotatable bonds is 2. The lowest BCUT2D eigenvalue weighted by molar-refractivity contribution is -0.109. The Labute approximate surface area is 73.8 Å². The van der Waals surface area contributed by atoms with Crippen molar-refractivity contribution in [2.75, 3.05) is 0 Å². The molecule has 0 bridgehead atoms. The van der Waals surface area contributed by atoms with Crippen molar-refractivity contribution in [3.63, 3.8) is 0 Å². The highest BCUT2D eigenvalue weighted by Crippen LogP contribution is 2.11. The fourth-order valence-corrected chi connectivity index (χ4v) is 1.46. The zero-order valence-electron chi connectivity index (χ0n) is 6.93. The molecule has 5 heteroatoms. The third kappa shape index (κ3) is 2.27. The molecule has 0 radical (unpaired) electrons. The Hall–Kier alpha value is -0.970. The van der Waals surface area contributed by atoms with Crippen molar-refractivity contribution in [2.45, 2.75) is 19.6 Å². The van der Waals surface area contributed by atoms with E-state index in [0.29, 0.717) is 5.75 Å². The molecule has 12 heavy (non-hydrogen) atoms. The molecular weight excluding hydrogens is 176 g/mol. The van der Waals surface area contributed by atoms with Crippen LogP contribution in [0.3, 0.4) is 0 Å². The number of carbonyl (C=O) groups is 1. The van der Waals surface area contributed by atoms with Gasteiger partial charge in [0.2, 0.25) is 0 Å². The van der Waals surface area contributed by atoms with Crippen LogP contribution in [-0.4, -0.2) is 15.1 Å². The highest BCUT2D eigenvalue weighted by Gasteiger charge is 2.03. The highest BCUT2D eigenvalue weighted by molar-refractivity contribution is 8.12. The molecule has 1 heterocycles. The van der Waals surface area contributed by atoms with Crippen LogP contribution in [0.25, 0.3) is 0 Å². The minimum absolute atomic E-state index is 0.0523. The molecule has 0 atom stereocenters. The molecule has 0 fully saturated rings. The molecule has 0 spiro atoms. The Balaban J connectivity index is 2.69. The highest BCUT2D eigenvalue weighted by atomic mass is 32.2. The number of nitrogens with one attached hydrogen (secondary N) is 2. The van der Waals surface area contributed by atoms with E-state index in [2.05, 4.69) is 9.97 Å². The number of aryl methyl sites for hydroxylation is 1. The average molecular weight is 186 g/mol. The van der Waals surface area contributed by atoms with E-state index < -0.39 is 0 Å². The van der Waals surface area contributed by atoms with Gasteiger partial charge in [0.15, 0.2) is 5.12 Å². The molecule has 1 rings (SSSR count). The van der Waals surface area contributed by atoms with Crippen LogP contribution in [-0.2, 0) is 10.5 Å². The molecular formula is C7H10N2O2S. The first-order chi connectivity index (χ1) is 5.59. The number of imidazole rings is 1. The van der Waals surface area contributed by atoms with E-state index in [1.165, 1.54) is 18.7 Å². The predicted molar refractivity (Wildman–Crippen MR) is 48.1 cm³/mol. The van der Waals surface area contributed by atoms with Crippen LogP contribution in [0.2, 0.25) is 0 Å². The minimum Gasteiger partial charge on any atom is -0.310 e. The molecule has 0 aromatic carbocycles. The van der Waals surface area contributed by atoms with Gasteiger partial charge >= 0.3 is 5.69 Å². The molecule has 4 nitrogen and oxygen atoms in total. The van der Waals surface area contributed by atoms with Crippen molar-refractivity contribution in [1.29, 1.82) is 0 Å². The van der Waals surface area contributed by atoms with Gasteiger partial charge in [-0.25, -0.2) is 4.79 Å². The first kappa shape index (κ1) is 9.12. The number of carbonyl (C=O) groups excluding carboxylic acids is 1. The van der Waals surface area contributed by atoms with Crippen LogP contribution >= 0.6 is 11.8 Å². The third-order valence-electron chi connectivity index (χ3n) is 1.44. The van der Waals surface area contributed by atoms with Crippen LogP contribution in [0.15, 0.2) is 4.79 Å². The number of hydrogen-bond acceptors (Lipinski definition) is 3. The van der Waals surface area contributed by atoms with E-state index in [1.807, 2.05) is 0 Å². The van der Waals surface area contributed by atoms with Crippen molar-refractivity contribution in [3.8, 4) is 0 Å². The van der Waals surface area contributed by atoms with E-state index in [1.54, 1.807) is 6.92 Å². The maximum absolute atomic E-state index is 10.8. The molecule has 0 saturated heterocycles. The predicted octanol–water partition coefficient (Wildman–Crippen LogP) is 0.791. The molecule has 0 aliphatic rings. The molecule has 66 valence electrons. The molecule has 0 aliphatic heterocycles. The smallest absolute Gasteiger partial charge is 0.310 e. The lowest BCUT2D eigenvalue weighted by Gasteiger charge is -1.94. The van der Waals surface area contributed by atoms with E-state index in [4.69, 9.17) is 0 Å². The summed E-state index contributed by atoms with van der Waals surface area (Å²) in [6.45, 7) is 3.30. The van der Waals surface area contributed by atoms with Gasteiger partial charge in [-0.15, -0.1) is 0 Å². The van der Waals surface area contributed by atoms with Gasteiger partial charge in [0.25, 0.3) is 0 Å². The lowest BCUT2D eigenvalue weighted by atomic mass is 10.4. The minimum atomic E-state index is -0.216. The number of aromatic amines is 2. The Morgan fingerprint density at radius 2 is 2.17 bits per heavy atom. The van der Waals surface area contributed by atoms with E-state index in [0.717, 1.165) is 11.4 Å². The van der Waals surface area contributed by atoms with Crippen molar-refractivity contribution >= 4 is 16.9 Å². The quantitative estimate of drug-likeness (QED) is 0.717. The lowest BCUT2D eigenvalue weighted by Crippen LogP contribution is -2.00. The van der Waals surface area contributed by atoms with E-state index in [9.17, 15) is 9.59 Å². The van der Waals surface area contributed by atoms with Crippen molar-refractivity contribution in [1.82, 2.24) is 9.97 Å². The Morgan fingerprint density at radius 1 is 1.50 bits per heavy atom. The number of aromatic nitrogens is 2. The van der Waals surface area contributed by atoms with Crippen molar-refractivity contribution < 1.29 is 4.79 Å². The molecule has 0 amide bonds. The molecule has 2 N–H and O–H groups in total. The van der Waals surface area contributed by atoms with Gasteiger partial charge in [-0.3, -0.25) is 4.79 Å². The summed E-state index contributed by atoms with van der Waals surface area (Å²) >= 11 is 1.18. The fourth-order valence-electron chi connectivity index (χ4n) is 0.826. The zero-order valence-corrected chi connectivity index (χ0v) is 7.75. The summed E-state index contributed by atoms with van der Waals surface area (Å²) in [6, 6.07) is 0. The van der Waals surface area contributed by atoms with Gasteiger partial charge in [0.1, 0.15) is 0 Å².